The van der Waals surface area contributed by atoms with Gasteiger partial charge in [0, 0.05) is 12.8 Å². The van der Waals surface area contributed by atoms with Crippen LogP contribution in [-0.4, -0.2) is 33.8 Å². The molecule has 2 atom stereocenters. The third kappa shape index (κ3) is 3.50. The number of nitrogens with zero attached hydrogens (tertiary/aromatic N) is 1. The number of ether oxygens (including phenoxy) is 1. The molecule has 2 aliphatic heterocycles. The van der Waals surface area contributed by atoms with Gasteiger partial charge in [0.1, 0.15) is 6.10 Å². The highest BCUT2D eigenvalue weighted by atomic mass is 35.5. The largest absolute Gasteiger partial charge is 0.386 e. The minimum Gasteiger partial charge on any atom is -0.386 e. The van der Waals surface area contributed by atoms with Gasteiger partial charge in [0.25, 0.3) is 0 Å². The van der Waals surface area contributed by atoms with E-state index in [1.807, 2.05) is 11.8 Å². The predicted molar refractivity (Wildman–Crippen MR) is 87.2 cm³/mol. The maximum atomic E-state index is 10.7. The fraction of sp³-hybridized carbons (Fsp3) is 0.667. The minimum atomic E-state index is -0.648. The Morgan fingerprint density at radius 1 is 1.38 bits per heavy atom. The highest BCUT2D eigenvalue weighted by Crippen LogP contribution is 2.44. The molecule has 3 nitrogen and oxygen atoms in total. The Labute approximate surface area is 139 Å². The van der Waals surface area contributed by atoms with Crippen molar-refractivity contribution in [1.82, 2.24) is 4.98 Å². The molecule has 3 heterocycles. The molecule has 0 aromatic carbocycles. The Kier molecular flexibility index (Phi) is 5.01. The maximum absolute atomic E-state index is 10.7. The van der Waals surface area contributed by atoms with E-state index >= 15 is 0 Å². The molecule has 0 saturated carbocycles. The van der Waals surface area contributed by atoms with Gasteiger partial charge in [0.15, 0.2) is 0 Å². The quantitative estimate of drug-likeness (QED) is 0.873. The highest BCUT2D eigenvalue weighted by Gasteiger charge is 2.41. The van der Waals surface area contributed by atoms with Gasteiger partial charge in [0.2, 0.25) is 0 Å². The van der Waals surface area contributed by atoms with Crippen molar-refractivity contribution in [2.24, 2.45) is 5.92 Å². The number of hydrogen-bond acceptors (Lipinski definition) is 4. The number of aromatic nitrogens is 1. The van der Waals surface area contributed by atoms with Gasteiger partial charge < -0.3 is 9.84 Å². The van der Waals surface area contributed by atoms with Crippen LogP contribution >= 0.6 is 35.0 Å². The van der Waals surface area contributed by atoms with Crippen molar-refractivity contribution in [3.05, 3.63) is 28.0 Å². The second kappa shape index (κ2) is 6.63. The first kappa shape index (κ1) is 15.9. The summed E-state index contributed by atoms with van der Waals surface area (Å²) in [5.41, 5.74) is 0.488. The summed E-state index contributed by atoms with van der Waals surface area (Å²) in [6.07, 6.45) is 4.76. The van der Waals surface area contributed by atoms with Crippen LogP contribution in [0.4, 0.5) is 0 Å². The van der Waals surface area contributed by atoms with Gasteiger partial charge in [-0.25, -0.2) is 0 Å². The molecule has 21 heavy (non-hydrogen) atoms. The summed E-state index contributed by atoms with van der Waals surface area (Å²) in [6, 6.07) is 1.64. The summed E-state index contributed by atoms with van der Waals surface area (Å²) in [5.74, 6) is 2.43. The Morgan fingerprint density at radius 2 is 2.14 bits per heavy atom. The molecule has 1 aromatic heterocycles. The van der Waals surface area contributed by atoms with E-state index in [2.05, 4.69) is 4.98 Å². The van der Waals surface area contributed by atoms with Crippen LogP contribution < -0.4 is 0 Å². The van der Waals surface area contributed by atoms with Crippen LogP contribution in [0, 0.1) is 5.92 Å². The van der Waals surface area contributed by atoms with Gasteiger partial charge in [-0.2, -0.15) is 11.8 Å². The van der Waals surface area contributed by atoms with Gasteiger partial charge in [-0.15, -0.1) is 0 Å². The predicted octanol–water partition coefficient (Wildman–Crippen LogP) is 4.11. The third-order valence-corrected chi connectivity index (χ3v) is 5.99. The lowest BCUT2D eigenvalue weighted by Crippen LogP contribution is -2.44. The van der Waals surface area contributed by atoms with E-state index in [0.29, 0.717) is 22.3 Å². The molecule has 1 N–H and O–H groups in total. The Balaban J connectivity index is 1.76. The number of aliphatic hydroxyl groups is 1. The molecule has 0 aliphatic carbocycles. The van der Waals surface area contributed by atoms with Crippen molar-refractivity contribution in [2.75, 3.05) is 18.1 Å². The fourth-order valence-corrected chi connectivity index (χ4v) is 5.02. The molecule has 3 rings (SSSR count). The first-order chi connectivity index (χ1) is 10.1. The van der Waals surface area contributed by atoms with E-state index in [0.717, 1.165) is 37.2 Å². The lowest BCUT2D eigenvalue weighted by atomic mass is 9.79. The van der Waals surface area contributed by atoms with E-state index in [-0.39, 0.29) is 11.5 Å². The lowest BCUT2D eigenvalue weighted by Gasteiger charge is -2.44. The number of pyridine rings is 1. The number of thioether (sulfide) groups is 1. The monoisotopic (exact) mass is 347 g/mol. The molecular weight excluding hydrogens is 329 g/mol. The highest BCUT2D eigenvalue weighted by molar-refractivity contribution is 7.99. The van der Waals surface area contributed by atoms with Crippen molar-refractivity contribution in [2.45, 2.75) is 37.4 Å². The number of halogens is 2. The van der Waals surface area contributed by atoms with Crippen LogP contribution in [0.25, 0.3) is 0 Å². The second-order valence-electron chi connectivity index (χ2n) is 5.86. The van der Waals surface area contributed by atoms with Gasteiger partial charge in [-0.3, -0.25) is 4.98 Å². The summed E-state index contributed by atoms with van der Waals surface area (Å²) in [5, 5.41) is 11.6. The standard InChI is InChI=1S/C15H19Cl2NO2S/c16-11-7-12(17)13(18-9-11)14(19)10-1-4-20-15(8-10)2-5-21-6-3-15/h7,9-10,14,19H,1-6,8H2. The van der Waals surface area contributed by atoms with Crippen molar-refractivity contribution < 1.29 is 9.84 Å². The van der Waals surface area contributed by atoms with Gasteiger partial charge >= 0.3 is 0 Å². The van der Waals surface area contributed by atoms with Gasteiger partial charge in [-0.05, 0) is 49.2 Å². The Morgan fingerprint density at radius 3 is 2.86 bits per heavy atom. The third-order valence-electron chi connectivity index (χ3n) is 4.50. The van der Waals surface area contributed by atoms with Gasteiger partial charge in [-0.1, -0.05) is 23.2 Å². The zero-order chi connectivity index (χ0) is 14.9. The molecule has 2 aliphatic rings. The Bertz CT molecular complexity index is 503. The van der Waals surface area contributed by atoms with Crippen molar-refractivity contribution in [3.8, 4) is 0 Å². The number of rotatable bonds is 2. The molecule has 6 heteroatoms. The van der Waals surface area contributed by atoms with Crippen molar-refractivity contribution in [1.29, 1.82) is 0 Å². The maximum Gasteiger partial charge on any atom is 0.100 e. The molecule has 1 aromatic rings. The van der Waals surface area contributed by atoms with Gasteiger partial charge in [0.05, 0.1) is 21.3 Å². The van der Waals surface area contributed by atoms with Crippen LogP contribution in [0.1, 0.15) is 37.5 Å². The van der Waals surface area contributed by atoms with E-state index in [1.165, 1.54) is 0 Å². The Hall–Kier alpha value is -0.000000000000000111. The van der Waals surface area contributed by atoms with Crippen LogP contribution in [0.3, 0.4) is 0 Å². The number of aliphatic hydroxyl groups excluding tert-OH is 1. The number of hydrogen-bond donors (Lipinski definition) is 1. The van der Waals surface area contributed by atoms with Crippen molar-refractivity contribution in [3.63, 3.8) is 0 Å². The summed E-state index contributed by atoms with van der Waals surface area (Å²) >= 11 is 14.0. The molecule has 0 radical (unpaired) electrons. The molecular formula is C15H19Cl2NO2S. The molecule has 116 valence electrons. The average molecular weight is 348 g/mol. The van der Waals surface area contributed by atoms with Crippen LogP contribution in [-0.2, 0) is 4.74 Å². The molecule has 2 fully saturated rings. The smallest absolute Gasteiger partial charge is 0.100 e. The summed E-state index contributed by atoms with van der Waals surface area (Å²) < 4.78 is 6.07. The molecule has 0 amide bonds. The van der Waals surface area contributed by atoms with E-state index < -0.39 is 6.10 Å². The molecule has 1 spiro atoms. The first-order valence-electron chi connectivity index (χ1n) is 7.30. The zero-order valence-corrected chi connectivity index (χ0v) is 14.1. The molecule has 2 saturated heterocycles. The molecule has 2 unspecified atom stereocenters. The van der Waals surface area contributed by atoms with Crippen molar-refractivity contribution >= 4 is 35.0 Å². The van der Waals surface area contributed by atoms with E-state index in [1.54, 1.807) is 12.3 Å². The lowest BCUT2D eigenvalue weighted by molar-refractivity contribution is -0.121. The van der Waals surface area contributed by atoms with Crippen LogP contribution in [0.2, 0.25) is 10.0 Å². The van der Waals surface area contributed by atoms with E-state index in [4.69, 9.17) is 27.9 Å². The summed E-state index contributed by atoms with van der Waals surface area (Å²) in [4.78, 5) is 4.23. The second-order valence-corrected chi connectivity index (χ2v) is 7.93. The fourth-order valence-electron chi connectivity index (χ4n) is 3.29. The van der Waals surface area contributed by atoms with Crippen LogP contribution in [0.15, 0.2) is 12.3 Å². The summed E-state index contributed by atoms with van der Waals surface area (Å²) in [6.45, 7) is 0.706. The normalized spacial score (nSPS) is 26.7. The molecule has 0 bridgehead atoms. The zero-order valence-electron chi connectivity index (χ0n) is 11.7. The van der Waals surface area contributed by atoms with Crippen LogP contribution in [0.5, 0.6) is 0 Å². The topological polar surface area (TPSA) is 42.4 Å². The average Bonchev–Trinajstić information content (AvgIpc) is 2.47. The first-order valence-corrected chi connectivity index (χ1v) is 9.21. The minimum absolute atomic E-state index is 0.0476. The SMILES string of the molecule is OC(c1ncc(Cl)cc1Cl)C1CCOC2(CCSCC2)C1. The van der Waals surface area contributed by atoms with E-state index in [9.17, 15) is 5.11 Å². The summed E-state index contributed by atoms with van der Waals surface area (Å²) in [7, 11) is 0.